The van der Waals surface area contributed by atoms with Gasteiger partial charge in [-0.2, -0.15) is 5.10 Å². The van der Waals surface area contributed by atoms with Crippen molar-refractivity contribution in [2.45, 2.75) is 26.8 Å². The summed E-state index contributed by atoms with van der Waals surface area (Å²) in [5, 5.41) is 5.06. The van der Waals surface area contributed by atoms with E-state index >= 15 is 0 Å². The Kier molecular flexibility index (Phi) is 5.81. The number of carbonyl (C=O) groups excluding carboxylic acids is 1. The van der Waals surface area contributed by atoms with Crippen molar-refractivity contribution in [1.82, 2.24) is 24.3 Å². The van der Waals surface area contributed by atoms with Crippen LogP contribution in [0.25, 0.3) is 16.7 Å². The molecule has 0 N–H and O–H groups in total. The number of methoxy groups -OCH3 is 1. The standard InChI is InChI=1S/C23H25N5O3/c1-15-10-19(17(3)27(15)16(2)12-30-4)21(29)13-31-23-20-11-26-28(22(20)24-14-25-23)18-8-6-5-7-9-18/h5-11,14,16H,12-13H2,1-4H3/t16-/m1/s1. The molecule has 0 aliphatic heterocycles. The number of fused-ring (bicyclic) bond motifs is 1. The number of aryl methyl sites for hydroxylation is 1. The lowest BCUT2D eigenvalue weighted by Crippen LogP contribution is -2.16. The Hall–Kier alpha value is -3.52. The van der Waals surface area contributed by atoms with E-state index in [0.717, 1.165) is 17.1 Å². The number of hydrogen-bond acceptors (Lipinski definition) is 6. The van der Waals surface area contributed by atoms with Gasteiger partial charge in [0.2, 0.25) is 11.7 Å². The average molecular weight is 419 g/mol. The Labute approximate surface area is 180 Å². The molecule has 0 radical (unpaired) electrons. The molecule has 1 atom stereocenters. The summed E-state index contributed by atoms with van der Waals surface area (Å²) < 4.78 is 14.9. The van der Waals surface area contributed by atoms with Gasteiger partial charge in [0.05, 0.1) is 24.5 Å². The zero-order chi connectivity index (χ0) is 22.0. The summed E-state index contributed by atoms with van der Waals surface area (Å²) in [6.07, 6.45) is 3.07. The third-order valence-electron chi connectivity index (χ3n) is 5.30. The molecule has 0 fully saturated rings. The summed E-state index contributed by atoms with van der Waals surface area (Å²) >= 11 is 0. The highest BCUT2D eigenvalue weighted by Crippen LogP contribution is 2.25. The molecule has 0 unspecified atom stereocenters. The van der Waals surface area contributed by atoms with Gasteiger partial charge in [-0.3, -0.25) is 4.79 Å². The fourth-order valence-corrected chi connectivity index (χ4v) is 3.96. The number of rotatable bonds is 8. The molecule has 4 aromatic rings. The predicted molar refractivity (Wildman–Crippen MR) is 117 cm³/mol. The largest absolute Gasteiger partial charge is 0.469 e. The molecule has 8 heteroatoms. The molecule has 31 heavy (non-hydrogen) atoms. The third-order valence-corrected chi connectivity index (χ3v) is 5.30. The second-order valence-corrected chi connectivity index (χ2v) is 7.48. The van der Waals surface area contributed by atoms with E-state index in [9.17, 15) is 4.79 Å². The van der Waals surface area contributed by atoms with Crippen LogP contribution in [0.15, 0.2) is 48.9 Å². The van der Waals surface area contributed by atoms with Crippen LogP contribution < -0.4 is 4.74 Å². The van der Waals surface area contributed by atoms with Crippen LogP contribution in [0.3, 0.4) is 0 Å². The van der Waals surface area contributed by atoms with E-state index in [1.165, 1.54) is 6.33 Å². The lowest BCUT2D eigenvalue weighted by atomic mass is 10.1. The predicted octanol–water partition coefficient (Wildman–Crippen LogP) is 3.70. The Balaban J connectivity index is 1.56. The second kappa shape index (κ2) is 8.69. The lowest BCUT2D eigenvalue weighted by Gasteiger charge is -2.17. The van der Waals surface area contributed by atoms with E-state index in [0.29, 0.717) is 29.1 Å². The third kappa shape index (κ3) is 3.94. The van der Waals surface area contributed by atoms with E-state index in [1.54, 1.807) is 18.0 Å². The van der Waals surface area contributed by atoms with Gasteiger partial charge >= 0.3 is 0 Å². The molecule has 3 aromatic heterocycles. The van der Waals surface area contributed by atoms with E-state index in [1.807, 2.05) is 50.2 Å². The smallest absolute Gasteiger partial charge is 0.228 e. The number of ketones is 1. The Bertz CT molecular complexity index is 1210. The van der Waals surface area contributed by atoms with E-state index < -0.39 is 0 Å². The van der Waals surface area contributed by atoms with Crippen molar-refractivity contribution in [3.05, 3.63) is 65.9 Å². The lowest BCUT2D eigenvalue weighted by molar-refractivity contribution is 0.0918. The monoisotopic (exact) mass is 419 g/mol. The maximum Gasteiger partial charge on any atom is 0.228 e. The molecule has 0 saturated heterocycles. The highest BCUT2D eigenvalue weighted by molar-refractivity contribution is 5.98. The fraction of sp³-hybridized carbons (Fsp3) is 0.304. The van der Waals surface area contributed by atoms with Crippen molar-refractivity contribution in [2.75, 3.05) is 20.3 Å². The number of aromatic nitrogens is 5. The first-order chi connectivity index (χ1) is 15.0. The summed E-state index contributed by atoms with van der Waals surface area (Å²) in [7, 11) is 1.67. The number of nitrogens with zero attached hydrogens (tertiary/aromatic N) is 5. The first-order valence-corrected chi connectivity index (χ1v) is 10.1. The molecule has 0 aliphatic carbocycles. The van der Waals surface area contributed by atoms with E-state index in [2.05, 4.69) is 26.6 Å². The van der Waals surface area contributed by atoms with E-state index in [-0.39, 0.29) is 18.4 Å². The normalized spacial score (nSPS) is 12.3. The first-order valence-electron chi connectivity index (χ1n) is 10.1. The average Bonchev–Trinajstić information content (AvgIpc) is 3.33. The number of benzene rings is 1. The van der Waals surface area contributed by atoms with Crippen molar-refractivity contribution >= 4 is 16.8 Å². The molecule has 0 saturated carbocycles. The molecule has 160 valence electrons. The van der Waals surface area contributed by atoms with Gasteiger partial charge in [-0.15, -0.1) is 0 Å². The number of carbonyl (C=O) groups is 1. The quantitative estimate of drug-likeness (QED) is 0.405. The number of para-hydroxylation sites is 1. The van der Waals surface area contributed by atoms with Gasteiger partial charge in [0.25, 0.3) is 0 Å². The molecular weight excluding hydrogens is 394 g/mol. The van der Waals surface area contributed by atoms with Crippen molar-refractivity contribution in [2.24, 2.45) is 0 Å². The van der Waals surface area contributed by atoms with Crippen LogP contribution >= 0.6 is 0 Å². The van der Waals surface area contributed by atoms with Crippen LogP contribution in [-0.2, 0) is 4.74 Å². The minimum Gasteiger partial charge on any atom is -0.469 e. The van der Waals surface area contributed by atoms with Crippen LogP contribution in [-0.4, -0.2) is 50.4 Å². The minimum absolute atomic E-state index is 0.105. The number of ether oxygens (including phenoxy) is 2. The van der Waals surface area contributed by atoms with Crippen LogP contribution in [0, 0.1) is 13.8 Å². The Morgan fingerprint density at radius 1 is 1.16 bits per heavy atom. The van der Waals surface area contributed by atoms with Crippen LogP contribution in [0.4, 0.5) is 0 Å². The van der Waals surface area contributed by atoms with Crippen LogP contribution in [0.2, 0.25) is 0 Å². The summed E-state index contributed by atoms with van der Waals surface area (Å²) in [4.78, 5) is 21.5. The van der Waals surface area contributed by atoms with Gasteiger partial charge in [-0.1, -0.05) is 18.2 Å². The van der Waals surface area contributed by atoms with Crippen LogP contribution in [0.5, 0.6) is 5.88 Å². The number of Topliss-reactive ketones (excluding diaryl/α,β-unsaturated/α-hetero) is 1. The molecular formula is C23H25N5O3. The first kappa shape index (κ1) is 20.7. The minimum atomic E-state index is -0.119. The SMILES string of the molecule is COC[C@@H](C)n1c(C)cc(C(=O)COc2ncnc3c2cnn3-c2ccccc2)c1C. The molecule has 0 amide bonds. The van der Waals surface area contributed by atoms with Gasteiger partial charge in [-0.25, -0.2) is 14.6 Å². The van der Waals surface area contributed by atoms with Crippen molar-refractivity contribution in [3.63, 3.8) is 0 Å². The molecule has 3 heterocycles. The van der Waals surface area contributed by atoms with Gasteiger partial charge < -0.3 is 14.0 Å². The van der Waals surface area contributed by atoms with Gasteiger partial charge in [0.1, 0.15) is 11.7 Å². The summed E-state index contributed by atoms with van der Waals surface area (Å²) in [5.74, 6) is 0.230. The molecule has 4 rings (SSSR count). The summed E-state index contributed by atoms with van der Waals surface area (Å²) in [6.45, 7) is 6.45. The van der Waals surface area contributed by atoms with Crippen molar-refractivity contribution in [3.8, 4) is 11.6 Å². The molecule has 0 spiro atoms. The second-order valence-electron chi connectivity index (χ2n) is 7.48. The van der Waals surface area contributed by atoms with Gasteiger partial charge in [0.15, 0.2) is 12.3 Å². The molecule has 0 bridgehead atoms. The highest BCUT2D eigenvalue weighted by Gasteiger charge is 2.20. The summed E-state index contributed by atoms with van der Waals surface area (Å²) in [6, 6.07) is 11.7. The molecule has 0 aliphatic rings. The molecule has 8 nitrogen and oxygen atoms in total. The van der Waals surface area contributed by atoms with Gasteiger partial charge in [-0.05, 0) is 39.0 Å². The van der Waals surface area contributed by atoms with Crippen molar-refractivity contribution < 1.29 is 14.3 Å². The fourth-order valence-electron chi connectivity index (χ4n) is 3.96. The maximum absolute atomic E-state index is 12.9. The van der Waals surface area contributed by atoms with Gasteiger partial charge in [0, 0.05) is 24.1 Å². The zero-order valence-corrected chi connectivity index (χ0v) is 18.1. The highest BCUT2D eigenvalue weighted by atomic mass is 16.5. The van der Waals surface area contributed by atoms with Crippen LogP contribution in [0.1, 0.15) is 34.7 Å². The topological polar surface area (TPSA) is 84.1 Å². The maximum atomic E-state index is 12.9. The Morgan fingerprint density at radius 3 is 2.68 bits per heavy atom. The summed E-state index contributed by atoms with van der Waals surface area (Å²) in [5.41, 5.74) is 4.07. The Morgan fingerprint density at radius 2 is 1.94 bits per heavy atom. The zero-order valence-electron chi connectivity index (χ0n) is 18.1. The number of hydrogen-bond donors (Lipinski definition) is 0. The van der Waals surface area contributed by atoms with E-state index in [4.69, 9.17) is 9.47 Å². The van der Waals surface area contributed by atoms with Crippen molar-refractivity contribution in [1.29, 1.82) is 0 Å². The molecule has 1 aromatic carbocycles.